The maximum Gasteiger partial charge on any atom is 0.404 e. The molecule has 2 spiro atoms. The number of nitrogens with two attached hydrogens (primary N) is 2. The minimum absolute atomic E-state index is 0. The fourth-order valence-electron chi connectivity index (χ4n) is 11.7. The lowest BCUT2D eigenvalue weighted by Crippen LogP contribution is -2.55. The summed E-state index contributed by atoms with van der Waals surface area (Å²) in [4.78, 5) is 32.3. The number of fused-ring (bicyclic) bond motifs is 4. The van der Waals surface area contributed by atoms with E-state index in [1.54, 1.807) is 13.8 Å². The van der Waals surface area contributed by atoms with E-state index in [1.165, 1.54) is 39.0 Å². The third kappa shape index (κ3) is 4.79. The van der Waals surface area contributed by atoms with Crippen molar-refractivity contribution in [2.45, 2.75) is 136 Å². The summed E-state index contributed by atoms with van der Waals surface area (Å²) in [6.45, 7) is 12.0. The molecule has 6 N–H and O–H groups in total. The van der Waals surface area contributed by atoms with Crippen molar-refractivity contribution in [3.63, 3.8) is 0 Å². The van der Waals surface area contributed by atoms with Crippen LogP contribution in [-0.2, 0) is 19.0 Å². The summed E-state index contributed by atoms with van der Waals surface area (Å²) in [6.07, 6.45) is 8.62. The molecule has 2 amide bonds. The molecular formula is C32H54N2O8. The highest BCUT2D eigenvalue weighted by Crippen LogP contribution is 2.87. The molecule has 42 heavy (non-hydrogen) atoms. The highest BCUT2D eigenvalue weighted by atomic mass is 16.6. The predicted molar refractivity (Wildman–Crippen MR) is 156 cm³/mol. The molecule has 0 aromatic heterocycles. The molecule has 0 aromatic rings. The normalized spacial score (nSPS) is 45.2. The third-order valence-electron chi connectivity index (χ3n) is 13.1. The molecule has 0 bridgehead atoms. The Morgan fingerprint density at radius 3 is 2.19 bits per heavy atom. The van der Waals surface area contributed by atoms with Crippen LogP contribution in [0.15, 0.2) is 0 Å². The second-order valence-corrected chi connectivity index (χ2v) is 15.8. The van der Waals surface area contributed by atoms with Gasteiger partial charge in [0.25, 0.3) is 0 Å². The smallest absolute Gasteiger partial charge is 0.404 e. The van der Waals surface area contributed by atoms with E-state index in [-0.39, 0.29) is 36.5 Å². The first kappa shape index (κ1) is 31.4. The number of primary amides is 2. The minimum atomic E-state index is -1.33. The Hall–Kier alpha value is -2.07. The molecule has 1 saturated heterocycles. The van der Waals surface area contributed by atoms with Gasteiger partial charge in [0.05, 0.1) is 17.8 Å². The molecule has 1 heterocycles. The van der Waals surface area contributed by atoms with Crippen LogP contribution in [0.1, 0.15) is 107 Å². The molecule has 5 aliphatic carbocycles. The molecule has 11 atom stereocenters. The highest BCUT2D eigenvalue weighted by Gasteiger charge is 2.81. The first-order valence-corrected chi connectivity index (χ1v) is 15.9. The fourth-order valence-corrected chi connectivity index (χ4v) is 11.7. The van der Waals surface area contributed by atoms with Crippen LogP contribution in [0.5, 0.6) is 0 Å². The molecule has 10 heteroatoms. The molecule has 10 nitrogen and oxygen atoms in total. The van der Waals surface area contributed by atoms with Crippen LogP contribution >= 0.6 is 0 Å². The third-order valence-corrected chi connectivity index (χ3v) is 13.1. The number of esters is 1. The van der Waals surface area contributed by atoms with Gasteiger partial charge in [0.2, 0.25) is 0 Å². The first-order valence-electron chi connectivity index (χ1n) is 15.9. The second kappa shape index (κ2) is 10.2. The number of carbonyl (C=O) groups excluding carboxylic acids is 2. The van der Waals surface area contributed by atoms with Crippen molar-refractivity contribution < 1.29 is 40.2 Å². The van der Waals surface area contributed by atoms with Crippen molar-refractivity contribution in [2.24, 2.45) is 56.8 Å². The molecule has 8 unspecified atom stereocenters. The van der Waals surface area contributed by atoms with E-state index in [4.69, 9.17) is 29.8 Å². The Morgan fingerprint density at radius 1 is 0.952 bits per heavy atom. The first-order chi connectivity index (χ1) is 19.4. The maximum atomic E-state index is 11.8. The van der Waals surface area contributed by atoms with Gasteiger partial charge in [0.15, 0.2) is 6.10 Å². The summed E-state index contributed by atoms with van der Waals surface area (Å²) in [7, 11) is 0. The van der Waals surface area contributed by atoms with Crippen molar-refractivity contribution in [1.29, 1.82) is 0 Å². The average Bonchev–Trinajstić information content (AvgIpc) is 3.43. The Labute approximate surface area is 251 Å². The Bertz CT molecular complexity index is 1110. The molecule has 240 valence electrons. The van der Waals surface area contributed by atoms with Crippen molar-refractivity contribution in [3.05, 3.63) is 0 Å². The van der Waals surface area contributed by atoms with Crippen LogP contribution in [0.4, 0.5) is 9.59 Å². The van der Waals surface area contributed by atoms with Gasteiger partial charge in [0, 0.05) is 13.8 Å². The van der Waals surface area contributed by atoms with E-state index >= 15 is 0 Å². The van der Waals surface area contributed by atoms with Crippen molar-refractivity contribution in [3.8, 4) is 0 Å². The van der Waals surface area contributed by atoms with Gasteiger partial charge in [-0.25, -0.2) is 9.59 Å². The van der Waals surface area contributed by atoms with Gasteiger partial charge in [-0.2, -0.15) is 0 Å². The van der Waals surface area contributed by atoms with E-state index in [2.05, 4.69) is 26.5 Å². The van der Waals surface area contributed by atoms with E-state index in [0.717, 1.165) is 38.0 Å². The standard InChI is InChI=1S/C31H49NO6.CH3NO2.H2/c1-17(33)36-25(28(4,5)35)21-9-7-19-22(37-21)15-20-18-8-10-23-27(2,3)24(38-26(32)34)11-12-31(23)16-30(18,31)14-13-29(19,20)6;2-1(3)4;/h18-25,35H,7-16H2,1-6H3,(H2,32,34);2H2,(H,3,4);1H/t18?,19?,20?,21?,22?,23?,24-,25-,29?,30-,31?;;/m0../s1. The Balaban J connectivity index is 0.000000798. The summed E-state index contributed by atoms with van der Waals surface area (Å²) in [5, 5.41) is 18.0. The monoisotopic (exact) mass is 594 g/mol. The van der Waals surface area contributed by atoms with Gasteiger partial charge in [-0.05, 0) is 118 Å². The number of rotatable bonds is 4. The zero-order chi connectivity index (χ0) is 31.0. The van der Waals surface area contributed by atoms with Crippen molar-refractivity contribution in [2.75, 3.05) is 0 Å². The molecule has 0 aromatic carbocycles. The van der Waals surface area contributed by atoms with E-state index in [9.17, 15) is 14.7 Å². The van der Waals surface area contributed by atoms with Crippen LogP contribution in [0.25, 0.3) is 0 Å². The van der Waals surface area contributed by atoms with Gasteiger partial charge in [0.1, 0.15) is 6.10 Å². The Morgan fingerprint density at radius 2 is 1.60 bits per heavy atom. The lowest BCUT2D eigenvalue weighted by molar-refractivity contribution is -0.200. The van der Waals surface area contributed by atoms with Crippen LogP contribution < -0.4 is 11.5 Å². The van der Waals surface area contributed by atoms with Crippen LogP contribution in [0, 0.1) is 45.3 Å². The highest BCUT2D eigenvalue weighted by molar-refractivity contribution is 5.66. The lowest BCUT2D eigenvalue weighted by Gasteiger charge is -2.59. The van der Waals surface area contributed by atoms with Crippen LogP contribution in [-0.4, -0.2) is 58.4 Å². The predicted octanol–water partition coefficient (Wildman–Crippen LogP) is 5.23. The topological polar surface area (TPSA) is 171 Å². The number of hydrogen-bond donors (Lipinski definition) is 4. The van der Waals surface area contributed by atoms with Gasteiger partial charge in [-0.1, -0.05) is 20.8 Å². The second-order valence-electron chi connectivity index (χ2n) is 15.8. The SMILES string of the molecule is CC(=O)O[C@@H](C1CCC2C(CC3C4CCC5C(C)(C)[C@@H](OC(N)=O)CCC56C[C@@]46CCC23C)O1)C(C)(C)O.NC(=O)O.[HH]. The van der Waals surface area contributed by atoms with Gasteiger partial charge >= 0.3 is 18.2 Å². The molecule has 1 aliphatic heterocycles. The van der Waals surface area contributed by atoms with E-state index in [0.29, 0.717) is 28.6 Å². The van der Waals surface area contributed by atoms with Crippen molar-refractivity contribution in [1.82, 2.24) is 0 Å². The summed E-state index contributed by atoms with van der Waals surface area (Å²) >= 11 is 0. The van der Waals surface area contributed by atoms with Crippen LogP contribution in [0.2, 0.25) is 0 Å². The summed E-state index contributed by atoms with van der Waals surface area (Å²) < 4.78 is 18.0. The summed E-state index contributed by atoms with van der Waals surface area (Å²) in [5.41, 5.74) is 9.38. The molecule has 6 fully saturated rings. The largest absolute Gasteiger partial charge is 0.465 e. The van der Waals surface area contributed by atoms with Gasteiger partial charge < -0.3 is 35.9 Å². The number of amides is 2. The lowest BCUT2D eigenvalue weighted by atomic mass is 9.46. The zero-order valence-corrected chi connectivity index (χ0v) is 26.2. The number of hydrogen-bond acceptors (Lipinski definition) is 7. The number of carbonyl (C=O) groups is 3. The summed E-state index contributed by atoms with van der Waals surface area (Å²) in [6, 6.07) is 0. The number of carboxylic acid groups (broad SMARTS) is 1. The molecule has 6 aliphatic rings. The minimum Gasteiger partial charge on any atom is -0.465 e. The van der Waals surface area contributed by atoms with E-state index < -0.39 is 23.9 Å². The molecule has 0 radical (unpaired) electrons. The summed E-state index contributed by atoms with van der Waals surface area (Å²) in [5.74, 6) is 2.13. The zero-order valence-electron chi connectivity index (χ0n) is 26.2. The van der Waals surface area contributed by atoms with Gasteiger partial charge in [-0.3, -0.25) is 4.79 Å². The Kier molecular flexibility index (Phi) is 7.65. The van der Waals surface area contributed by atoms with Crippen molar-refractivity contribution >= 4 is 18.2 Å². The quantitative estimate of drug-likeness (QED) is 0.320. The maximum absolute atomic E-state index is 11.8. The fraction of sp³-hybridized carbons (Fsp3) is 0.906. The molecular weight excluding hydrogens is 540 g/mol. The average molecular weight is 595 g/mol. The molecule has 5 saturated carbocycles. The van der Waals surface area contributed by atoms with E-state index in [1.807, 2.05) is 0 Å². The van der Waals surface area contributed by atoms with Gasteiger partial charge in [-0.15, -0.1) is 0 Å². The van der Waals surface area contributed by atoms with Crippen LogP contribution in [0.3, 0.4) is 0 Å². The number of ether oxygens (including phenoxy) is 3. The molecule has 6 rings (SSSR count). The number of aliphatic hydroxyl groups is 1.